The lowest BCUT2D eigenvalue weighted by atomic mass is 9.99. The third kappa shape index (κ3) is 4.98. The molecule has 0 atom stereocenters. The molecule has 112 valence electrons. The zero-order valence-corrected chi connectivity index (χ0v) is 12.6. The van der Waals surface area contributed by atoms with Crippen LogP contribution in [0, 0.1) is 0 Å². The van der Waals surface area contributed by atoms with Crippen molar-refractivity contribution < 1.29 is 9.90 Å². The summed E-state index contributed by atoms with van der Waals surface area (Å²) in [5.41, 5.74) is 1.43. The standard InChI is InChI=1S/C19H24O2/c20-15-18(21)13-5-3-1-2-4-9-16-11-8-12-17-10-6-7-14-19(16)17/h6-8,10-12,14,20H,1-5,9,13,15H2. The van der Waals surface area contributed by atoms with E-state index >= 15 is 0 Å². The molecule has 0 bridgehead atoms. The van der Waals surface area contributed by atoms with Crippen LogP contribution >= 0.6 is 0 Å². The van der Waals surface area contributed by atoms with Crippen LogP contribution in [0.3, 0.4) is 0 Å². The number of aliphatic hydroxyl groups is 1. The van der Waals surface area contributed by atoms with Gasteiger partial charge in [-0.25, -0.2) is 0 Å². The van der Waals surface area contributed by atoms with Crippen LogP contribution in [-0.4, -0.2) is 17.5 Å². The van der Waals surface area contributed by atoms with Gasteiger partial charge in [-0.15, -0.1) is 0 Å². The zero-order valence-electron chi connectivity index (χ0n) is 12.6. The van der Waals surface area contributed by atoms with Crippen LogP contribution in [0.2, 0.25) is 0 Å². The molecule has 0 aliphatic heterocycles. The van der Waals surface area contributed by atoms with Crippen LogP contribution in [0.4, 0.5) is 0 Å². The van der Waals surface area contributed by atoms with E-state index in [1.54, 1.807) is 0 Å². The predicted octanol–water partition coefficient (Wildman–Crippen LogP) is 4.28. The first kappa shape index (κ1) is 15.7. The summed E-state index contributed by atoms with van der Waals surface area (Å²) in [4.78, 5) is 11.0. The van der Waals surface area contributed by atoms with Gasteiger partial charge in [0, 0.05) is 6.42 Å². The Kier molecular flexibility index (Phi) is 6.42. The van der Waals surface area contributed by atoms with Crippen molar-refractivity contribution in [3.63, 3.8) is 0 Å². The molecule has 0 heterocycles. The lowest BCUT2D eigenvalue weighted by molar-refractivity contribution is -0.121. The Morgan fingerprint density at radius 2 is 1.57 bits per heavy atom. The maximum absolute atomic E-state index is 11.0. The van der Waals surface area contributed by atoms with Crippen molar-refractivity contribution in [1.82, 2.24) is 0 Å². The van der Waals surface area contributed by atoms with Crippen LogP contribution < -0.4 is 0 Å². The summed E-state index contributed by atoms with van der Waals surface area (Å²) in [7, 11) is 0. The summed E-state index contributed by atoms with van der Waals surface area (Å²) >= 11 is 0. The van der Waals surface area contributed by atoms with E-state index in [2.05, 4.69) is 42.5 Å². The highest BCUT2D eigenvalue weighted by molar-refractivity contribution is 5.85. The van der Waals surface area contributed by atoms with Gasteiger partial charge in [0.05, 0.1) is 0 Å². The number of rotatable bonds is 9. The molecular formula is C19H24O2. The van der Waals surface area contributed by atoms with E-state index < -0.39 is 0 Å². The Hall–Kier alpha value is -1.67. The molecule has 0 saturated heterocycles. The van der Waals surface area contributed by atoms with E-state index in [4.69, 9.17) is 5.11 Å². The number of ketones is 1. The van der Waals surface area contributed by atoms with Crippen LogP contribution in [0.5, 0.6) is 0 Å². The molecule has 0 amide bonds. The molecule has 2 heteroatoms. The fourth-order valence-corrected chi connectivity index (χ4v) is 2.76. The van der Waals surface area contributed by atoms with Gasteiger partial charge in [0.1, 0.15) is 6.61 Å². The SMILES string of the molecule is O=C(CO)CCCCCCCc1cccc2ccccc12. The number of aliphatic hydroxyl groups excluding tert-OH is 1. The van der Waals surface area contributed by atoms with Gasteiger partial charge in [-0.3, -0.25) is 4.79 Å². The normalized spacial score (nSPS) is 10.9. The highest BCUT2D eigenvalue weighted by atomic mass is 16.3. The number of hydrogen-bond acceptors (Lipinski definition) is 2. The third-order valence-electron chi connectivity index (χ3n) is 3.96. The fourth-order valence-electron chi connectivity index (χ4n) is 2.76. The Labute approximate surface area is 126 Å². The van der Waals surface area contributed by atoms with Crippen molar-refractivity contribution in [3.05, 3.63) is 48.0 Å². The molecule has 0 unspecified atom stereocenters. The Morgan fingerprint density at radius 1 is 0.857 bits per heavy atom. The Bertz CT molecular complexity index is 569. The fraction of sp³-hybridized carbons (Fsp3) is 0.421. The summed E-state index contributed by atoms with van der Waals surface area (Å²) in [5.74, 6) is -0.0363. The molecule has 2 rings (SSSR count). The maximum atomic E-state index is 11.0. The van der Waals surface area contributed by atoms with E-state index in [9.17, 15) is 4.79 Å². The number of carbonyl (C=O) groups is 1. The van der Waals surface area contributed by atoms with E-state index in [0.717, 1.165) is 19.3 Å². The third-order valence-corrected chi connectivity index (χ3v) is 3.96. The van der Waals surface area contributed by atoms with Gasteiger partial charge >= 0.3 is 0 Å². The summed E-state index contributed by atoms with van der Waals surface area (Å²) in [6.45, 7) is -0.304. The number of unbranched alkanes of at least 4 members (excludes halogenated alkanes) is 4. The van der Waals surface area contributed by atoms with Gasteiger partial charge < -0.3 is 5.11 Å². The van der Waals surface area contributed by atoms with Gasteiger partial charge in [-0.2, -0.15) is 0 Å². The molecule has 0 saturated carbocycles. The average molecular weight is 284 g/mol. The number of fused-ring (bicyclic) bond motifs is 1. The molecule has 0 aliphatic rings. The van der Waals surface area contributed by atoms with Gasteiger partial charge in [0.25, 0.3) is 0 Å². The number of Topliss-reactive ketones (excluding diaryl/α,β-unsaturated/α-hetero) is 1. The monoisotopic (exact) mass is 284 g/mol. The highest BCUT2D eigenvalue weighted by Crippen LogP contribution is 2.20. The molecule has 0 radical (unpaired) electrons. The van der Waals surface area contributed by atoms with Gasteiger partial charge in [0.15, 0.2) is 5.78 Å². The van der Waals surface area contributed by atoms with E-state index in [1.165, 1.54) is 35.6 Å². The summed E-state index contributed by atoms with van der Waals surface area (Å²) in [5, 5.41) is 11.3. The second-order valence-electron chi connectivity index (χ2n) is 5.60. The minimum Gasteiger partial charge on any atom is -0.389 e. The molecule has 0 fully saturated rings. The molecule has 21 heavy (non-hydrogen) atoms. The Morgan fingerprint density at radius 3 is 2.43 bits per heavy atom. The number of aryl methyl sites for hydroxylation is 1. The van der Waals surface area contributed by atoms with Crippen molar-refractivity contribution in [1.29, 1.82) is 0 Å². The van der Waals surface area contributed by atoms with E-state index in [0.29, 0.717) is 6.42 Å². The molecule has 2 aromatic rings. The Balaban J connectivity index is 1.70. The van der Waals surface area contributed by atoms with Crippen molar-refractivity contribution in [2.45, 2.75) is 44.9 Å². The molecule has 1 N–H and O–H groups in total. The quantitative estimate of drug-likeness (QED) is 0.698. The molecule has 0 aliphatic carbocycles. The number of hydrogen-bond donors (Lipinski definition) is 1. The van der Waals surface area contributed by atoms with Crippen molar-refractivity contribution in [2.24, 2.45) is 0 Å². The van der Waals surface area contributed by atoms with Crippen LogP contribution in [0.1, 0.15) is 44.1 Å². The number of benzene rings is 2. The van der Waals surface area contributed by atoms with Gasteiger partial charge in [-0.05, 0) is 35.6 Å². The van der Waals surface area contributed by atoms with Crippen LogP contribution in [0.25, 0.3) is 10.8 Å². The van der Waals surface area contributed by atoms with E-state index in [1.807, 2.05) is 0 Å². The topological polar surface area (TPSA) is 37.3 Å². The minimum absolute atomic E-state index is 0.0363. The smallest absolute Gasteiger partial charge is 0.158 e. The summed E-state index contributed by atoms with van der Waals surface area (Å²) < 4.78 is 0. The number of carbonyl (C=O) groups excluding carboxylic acids is 1. The first-order chi connectivity index (χ1) is 10.3. The first-order valence-electron chi connectivity index (χ1n) is 7.90. The van der Waals surface area contributed by atoms with Crippen molar-refractivity contribution >= 4 is 16.6 Å². The zero-order chi connectivity index (χ0) is 14.9. The van der Waals surface area contributed by atoms with Gasteiger partial charge in [-0.1, -0.05) is 61.7 Å². The average Bonchev–Trinajstić information content (AvgIpc) is 2.53. The van der Waals surface area contributed by atoms with Crippen LogP contribution in [0.15, 0.2) is 42.5 Å². The molecule has 2 nitrogen and oxygen atoms in total. The second kappa shape index (κ2) is 8.58. The van der Waals surface area contributed by atoms with Crippen molar-refractivity contribution in [3.8, 4) is 0 Å². The van der Waals surface area contributed by atoms with Crippen LogP contribution in [-0.2, 0) is 11.2 Å². The van der Waals surface area contributed by atoms with Gasteiger partial charge in [0.2, 0.25) is 0 Å². The molecule has 2 aromatic carbocycles. The largest absolute Gasteiger partial charge is 0.389 e. The second-order valence-corrected chi connectivity index (χ2v) is 5.60. The lowest BCUT2D eigenvalue weighted by Crippen LogP contribution is -2.02. The van der Waals surface area contributed by atoms with Crippen molar-refractivity contribution in [2.75, 3.05) is 6.61 Å². The molecular weight excluding hydrogens is 260 g/mol. The predicted molar refractivity (Wildman–Crippen MR) is 87.4 cm³/mol. The summed E-state index contributed by atoms with van der Waals surface area (Å²) in [6.07, 6.45) is 7.22. The molecule has 0 aromatic heterocycles. The first-order valence-corrected chi connectivity index (χ1v) is 7.90. The van der Waals surface area contributed by atoms with E-state index in [-0.39, 0.29) is 12.4 Å². The highest BCUT2D eigenvalue weighted by Gasteiger charge is 2.01. The lowest BCUT2D eigenvalue weighted by Gasteiger charge is -2.06. The maximum Gasteiger partial charge on any atom is 0.158 e. The minimum atomic E-state index is -0.304. The molecule has 0 spiro atoms. The summed E-state index contributed by atoms with van der Waals surface area (Å²) in [6, 6.07) is 15.1.